The molecule has 2 N–H and O–H groups in total. The van der Waals surface area contributed by atoms with Gasteiger partial charge in [-0.2, -0.15) is 5.26 Å². The molecule has 0 aromatic rings. The molecule has 4 rings (SSSR count). The lowest BCUT2D eigenvalue weighted by Gasteiger charge is -2.41. The van der Waals surface area contributed by atoms with Crippen molar-refractivity contribution >= 4 is 17.7 Å². The average molecular weight is 416 g/mol. The second-order valence-corrected chi connectivity index (χ2v) is 9.56. The summed E-state index contributed by atoms with van der Waals surface area (Å²) in [5.74, 6) is 0.0423. The van der Waals surface area contributed by atoms with Gasteiger partial charge in [0.2, 0.25) is 17.7 Å². The molecule has 3 amide bonds. The second kappa shape index (κ2) is 8.54. The Morgan fingerprint density at radius 2 is 2.03 bits per heavy atom. The van der Waals surface area contributed by atoms with Gasteiger partial charge < -0.3 is 15.5 Å². The number of hydrogen-bond donors (Lipinski definition) is 2. The van der Waals surface area contributed by atoms with Crippen LogP contribution in [0.1, 0.15) is 57.8 Å². The molecule has 0 bridgehead atoms. The zero-order valence-electron chi connectivity index (χ0n) is 17.9. The van der Waals surface area contributed by atoms with Gasteiger partial charge in [-0.25, -0.2) is 0 Å². The van der Waals surface area contributed by atoms with Crippen molar-refractivity contribution < 1.29 is 14.4 Å². The highest BCUT2D eigenvalue weighted by atomic mass is 16.2. The van der Waals surface area contributed by atoms with Crippen LogP contribution in [-0.4, -0.2) is 71.8 Å². The monoisotopic (exact) mass is 415 g/mol. The normalized spacial score (nSPS) is 31.5. The minimum atomic E-state index is -0.711. The molecule has 0 aromatic heterocycles. The van der Waals surface area contributed by atoms with Crippen molar-refractivity contribution in [1.29, 1.82) is 5.26 Å². The summed E-state index contributed by atoms with van der Waals surface area (Å²) in [4.78, 5) is 42.6. The van der Waals surface area contributed by atoms with Crippen LogP contribution in [0.5, 0.6) is 0 Å². The fourth-order valence-electron chi connectivity index (χ4n) is 5.45. The standard InChI is InChI=1S/C22H33N5O3/c1-26-10-3-2-7-22(26)8-11-27(21(22)30)18(12-15-4-5-15)20(29)25-17(14-23)13-16-6-9-24-19(16)28/h15-18H,2-13H2,1H3,(H,24,28)(H,25,29)/t16-,17?,18-,22?/m0/s1. The molecule has 164 valence electrons. The Morgan fingerprint density at radius 3 is 2.67 bits per heavy atom. The number of nitrogens with zero attached hydrogens (tertiary/aromatic N) is 3. The number of likely N-dealkylation sites (N-methyl/N-ethyl adjacent to an activating group) is 1. The summed E-state index contributed by atoms with van der Waals surface area (Å²) >= 11 is 0. The van der Waals surface area contributed by atoms with Gasteiger partial charge in [0.1, 0.15) is 17.6 Å². The van der Waals surface area contributed by atoms with Gasteiger partial charge in [0.15, 0.2) is 0 Å². The molecule has 30 heavy (non-hydrogen) atoms. The van der Waals surface area contributed by atoms with E-state index in [4.69, 9.17) is 0 Å². The van der Waals surface area contributed by atoms with Crippen LogP contribution in [0.3, 0.4) is 0 Å². The second-order valence-electron chi connectivity index (χ2n) is 9.56. The lowest BCUT2D eigenvalue weighted by atomic mass is 9.85. The molecule has 1 aliphatic carbocycles. The third-order valence-electron chi connectivity index (χ3n) is 7.58. The van der Waals surface area contributed by atoms with Crippen LogP contribution in [0, 0.1) is 23.2 Å². The maximum atomic E-state index is 13.5. The highest BCUT2D eigenvalue weighted by molar-refractivity contribution is 5.94. The number of nitrogens with one attached hydrogen (secondary N) is 2. The molecular formula is C22H33N5O3. The molecule has 4 atom stereocenters. The van der Waals surface area contributed by atoms with Crippen LogP contribution in [0.4, 0.5) is 0 Å². The third-order valence-corrected chi connectivity index (χ3v) is 7.58. The van der Waals surface area contributed by atoms with E-state index in [-0.39, 0.29) is 23.6 Å². The van der Waals surface area contributed by atoms with Gasteiger partial charge in [-0.3, -0.25) is 19.3 Å². The number of carbonyl (C=O) groups is 3. The summed E-state index contributed by atoms with van der Waals surface area (Å²) in [6, 6.07) is 0.915. The van der Waals surface area contributed by atoms with Gasteiger partial charge in [0, 0.05) is 19.0 Å². The van der Waals surface area contributed by atoms with E-state index in [0.717, 1.165) is 45.1 Å². The van der Waals surface area contributed by atoms with E-state index < -0.39 is 17.6 Å². The van der Waals surface area contributed by atoms with E-state index in [1.807, 2.05) is 7.05 Å². The predicted octanol–water partition coefficient (Wildman–Crippen LogP) is 0.776. The first-order chi connectivity index (χ1) is 14.4. The molecule has 2 unspecified atom stereocenters. The largest absolute Gasteiger partial charge is 0.356 e. The van der Waals surface area contributed by atoms with Gasteiger partial charge in [-0.1, -0.05) is 12.8 Å². The first kappa shape index (κ1) is 21.1. The fraction of sp³-hybridized carbons (Fsp3) is 0.818. The molecule has 8 nitrogen and oxygen atoms in total. The smallest absolute Gasteiger partial charge is 0.243 e. The van der Waals surface area contributed by atoms with Crippen molar-refractivity contribution in [1.82, 2.24) is 20.4 Å². The number of hydrogen-bond acceptors (Lipinski definition) is 5. The molecule has 3 heterocycles. The Bertz CT molecular complexity index is 746. The first-order valence-electron chi connectivity index (χ1n) is 11.4. The summed E-state index contributed by atoms with van der Waals surface area (Å²) in [5.41, 5.74) is -0.461. The number of carbonyl (C=O) groups excluding carboxylic acids is 3. The van der Waals surface area contributed by atoms with E-state index >= 15 is 0 Å². The molecule has 3 aliphatic heterocycles. The zero-order valence-corrected chi connectivity index (χ0v) is 17.9. The van der Waals surface area contributed by atoms with Crippen LogP contribution in [0.2, 0.25) is 0 Å². The summed E-state index contributed by atoms with van der Waals surface area (Å²) in [6.07, 6.45) is 7.65. The van der Waals surface area contributed by atoms with E-state index in [1.54, 1.807) is 4.90 Å². The number of piperidine rings is 1. The Hall–Kier alpha value is -2.14. The van der Waals surface area contributed by atoms with Crippen molar-refractivity contribution in [3.05, 3.63) is 0 Å². The van der Waals surface area contributed by atoms with Gasteiger partial charge >= 0.3 is 0 Å². The van der Waals surface area contributed by atoms with E-state index in [9.17, 15) is 19.6 Å². The van der Waals surface area contributed by atoms with Crippen molar-refractivity contribution in [2.24, 2.45) is 11.8 Å². The fourth-order valence-corrected chi connectivity index (χ4v) is 5.45. The van der Waals surface area contributed by atoms with Crippen LogP contribution >= 0.6 is 0 Å². The quantitative estimate of drug-likeness (QED) is 0.639. The molecular weight excluding hydrogens is 382 g/mol. The Balaban J connectivity index is 1.45. The zero-order chi connectivity index (χ0) is 21.3. The molecule has 0 aromatic carbocycles. The molecule has 4 fully saturated rings. The number of rotatable bonds is 7. The average Bonchev–Trinajstić information content (AvgIpc) is 3.39. The Kier molecular flexibility index (Phi) is 6.01. The summed E-state index contributed by atoms with van der Waals surface area (Å²) in [5, 5.41) is 15.2. The lowest BCUT2D eigenvalue weighted by molar-refractivity contribution is -0.145. The topological polar surface area (TPSA) is 106 Å². The Labute approximate surface area is 178 Å². The number of nitriles is 1. The SMILES string of the molecule is CN1CCCCC12CCN([C@@H](CC1CC1)C(=O)NC(C#N)C[C@@H]1CCNC1=O)C2=O. The summed E-state index contributed by atoms with van der Waals surface area (Å²) in [7, 11) is 2.02. The molecule has 3 saturated heterocycles. The Morgan fingerprint density at radius 1 is 1.23 bits per heavy atom. The molecule has 1 saturated carbocycles. The van der Waals surface area contributed by atoms with Crippen LogP contribution in [-0.2, 0) is 14.4 Å². The lowest BCUT2D eigenvalue weighted by Crippen LogP contribution is -2.58. The first-order valence-corrected chi connectivity index (χ1v) is 11.4. The van der Waals surface area contributed by atoms with E-state index in [2.05, 4.69) is 21.6 Å². The van der Waals surface area contributed by atoms with Crippen LogP contribution in [0.15, 0.2) is 0 Å². The molecule has 4 aliphatic rings. The third kappa shape index (κ3) is 4.04. The number of amides is 3. The maximum Gasteiger partial charge on any atom is 0.243 e. The van der Waals surface area contributed by atoms with Gasteiger partial charge in [0.25, 0.3) is 0 Å². The van der Waals surface area contributed by atoms with Crippen LogP contribution < -0.4 is 10.6 Å². The highest BCUT2D eigenvalue weighted by Crippen LogP contribution is 2.40. The molecule has 8 heteroatoms. The van der Waals surface area contributed by atoms with Crippen molar-refractivity contribution in [2.75, 3.05) is 26.7 Å². The summed E-state index contributed by atoms with van der Waals surface area (Å²) in [6.45, 7) is 2.13. The van der Waals surface area contributed by atoms with Gasteiger partial charge in [0.05, 0.1) is 6.07 Å². The molecule has 1 spiro atoms. The van der Waals surface area contributed by atoms with Crippen LogP contribution in [0.25, 0.3) is 0 Å². The summed E-state index contributed by atoms with van der Waals surface area (Å²) < 4.78 is 0. The van der Waals surface area contributed by atoms with Gasteiger partial charge in [-0.15, -0.1) is 0 Å². The van der Waals surface area contributed by atoms with Crippen molar-refractivity contribution in [2.45, 2.75) is 75.4 Å². The van der Waals surface area contributed by atoms with E-state index in [1.165, 1.54) is 0 Å². The minimum absolute atomic E-state index is 0.0453. The van der Waals surface area contributed by atoms with Crippen molar-refractivity contribution in [3.8, 4) is 6.07 Å². The predicted molar refractivity (Wildman–Crippen MR) is 110 cm³/mol. The minimum Gasteiger partial charge on any atom is -0.356 e. The highest BCUT2D eigenvalue weighted by Gasteiger charge is 2.53. The maximum absolute atomic E-state index is 13.5. The van der Waals surface area contributed by atoms with E-state index in [0.29, 0.717) is 38.3 Å². The number of likely N-dealkylation sites (tertiary alicyclic amines) is 2. The molecule has 0 radical (unpaired) electrons. The van der Waals surface area contributed by atoms with Crippen molar-refractivity contribution in [3.63, 3.8) is 0 Å². The van der Waals surface area contributed by atoms with Gasteiger partial charge in [-0.05, 0) is 64.5 Å².